The summed E-state index contributed by atoms with van der Waals surface area (Å²) in [6, 6.07) is 8.25. The molecule has 0 spiro atoms. The molecule has 0 saturated heterocycles. The first-order chi connectivity index (χ1) is 9.16. The lowest BCUT2D eigenvalue weighted by Crippen LogP contribution is -1.90. The Morgan fingerprint density at radius 1 is 1.16 bits per heavy atom. The molecule has 2 aromatic heterocycles. The minimum absolute atomic E-state index is 0.471. The minimum Gasteiger partial charge on any atom is -0.256 e. The highest BCUT2D eigenvalue weighted by molar-refractivity contribution is 7.13. The molecule has 0 aliphatic rings. The van der Waals surface area contributed by atoms with E-state index in [-0.39, 0.29) is 0 Å². The van der Waals surface area contributed by atoms with Crippen LogP contribution in [0.1, 0.15) is 31.0 Å². The zero-order valence-corrected chi connectivity index (χ0v) is 12.2. The van der Waals surface area contributed by atoms with Crippen molar-refractivity contribution in [2.75, 3.05) is 0 Å². The molecule has 0 atom stereocenters. The van der Waals surface area contributed by atoms with Gasteiger partial charge in [-0.1, -0.05) is 32.0 Å². The Hall–Kier alpha value is -1.74. The molecular weight excluding hydrogens is 252 g/mol. The Balaban J connectivity index is 2.16. The highest BCUT2D eigenvalue weighted by Gasteiger charge is 2.11. The third kappa shape index (κ3) is 2.15. The quantitative estimate of drug-likeness (QED) is 0.667. The summed E-state index contributed by atoms with van der Waals surface area (Å²) in [4.78, 5) is 9.27. The number of pyridine rings is 1. The number of para-hydroxylation sites is 1. The maximum Gasteiger partial charge on any atom is 0.125 e. The van der Waals surface area contributed by atoms with Gasteiger partial charge in [-0.25, -0.2) is 4.98 Å². The van der Waals surface area contributed by atoms with Gasteiger partial charge in [0, 0.05) is 22.5 Å². The van der Waals surface area contributed by atoms with Crippen LogP contribution in [-0.2, 0) is 0 Å². The van der Waals surface area contributed by atoms with Crippen molar-refractivity contribution >= 4 is 22.2 Å². The third-order valence-electron chi connectivity index (χ3n) is 3.39. The van der Waals surface area contributed by atoms with Crippen molar-refractivity contribution in [1.29, 1.82) is 0 Å². The van der Waals surface area contributed by atoms with E-state index in [1.165, 1.54) is 10.9 Å². The van der Waals surface area contributed by atoms with E-state index in [9.17, 15) is 0 Å². The molecule has 3 rings (SSSR count). The van der Waals surface area contributed by atoms with Crippen LogP contribution in [0.4, 0.5) is 0 Å². The maximum absolute atomic E-state index is 4.73. The lowest BCUT2D eigenvalue weighted by molar-refractivity contribution is 0.834. The van der Waals surface area contributed by atoms with Crippen molar-refractivity contribution in [3.63, 3.8) is 0 Å². The Morgan fingerprint density at radius 2 is 1.95 bits per heavy atom. The van der Waals surface area contributed by atoms with Crippen LogP contribution in [0, 0.1) is 6.92 Å². The predicted molar refractivity (Wildman–Crippen MR) is 81.7 cm³/mol. The highest BCUT2D eigenvalue weighted by atomic mass is 32.1. The summed E-state index contributed by atoms with van der Waals surface area (Å²) in [6.07, 6.45) is 1.95. The van der Waals surface area contributed by atoms with Gasteiger partial charge in [0.15, 0.2) is 0 Å². The second-order valence-electron chi connectivity index (χ2n) is 5.05. The molecule has 0 N–H and O–H groups in total. The van der Waals surface area contributed by atoms with E-state index >= 15 is 0 Å². The van der Waals surface area contributed by atoms with E-state index < -0.39 is 0 Å². The summed E-state index contributed by atoms with van der Waals surface area (Å²) in [5, 5.41) is 4.43. The van der Waals surface area contributed by atoms with Crippen LogP contribution < -0.4 is 0 Å². The first-order valence-corrected chi connectivity index (χ1v) is 7.35. The van der Waals surface area contributed by atoms with Crippen molar-refractivity contribution < 1.29 is 0 Å². The Kier molecular flexibility index (Phi) is 3.07. The molecule has 0 bridgehead atoms. The van der Waals surface area contributed by atoms with Crippen molar-refractivity contribution in [2.24, 2.45) is 0 Å². The molecule has 2 heterocycles. The molecule has 0 saturated carbocycles. The number of hydrogen-bond acceptors (Lipinski definition) is 3. The molecule has 3 aromatic rings. The predicted octanol–water partition coefficient (Wildman–Crippen LogP) is 4.79. The van der Waals surface area contributed by atoms with E-state index in [4.69, 9.17) is 4.98 Å². The summed E-state index contributed by atoms with van der Waals surface area (Å²) >= 11 is 1.70. The molecule has 0 aliphatic heterocycles. The monoisotopic (exact) mass is 268 g/mol. The number of hydrogen-bond donors (Lipinski definition) is 0. The van der Waals surface area contributed by atoms with Gasteiger partial charge < -0.3 is 0 Å². The largest absolute Gasteiger partial charge is 0.256 e. The van der Waals surface area contributed by atoms with Crippen LogP contribution in [0.25, 0.3) is 21.5 Å². The van der Waals surface area contributed by atoms with Gasteiger partial charge in [-0.2, -0.15) is 0 Å². The van der Waals surface area contributed by atoms with Crippen LogP contribution in [-0.4, -0.2) is 9.97 Å². The fourth-order valence-electron chi connectivity index (χ4n) is 2.17. The van der Waals surface area contributed by atoms with Crippen molar-refractivity contribution in [3.8, 4) is 10.6 Å². The molecular formula is C16H16N2S. The third-order valence-corrected chi connectivity index (χ3v) is 4.28. The van der Waals surface area contributed by atoms with Crippen molar-refractivity contribution in [1.82, 2.24) is 9.97 Å². The molecule has 0 radical (unpaired) electrons. The zero-order chi connectivity index (χ0) is 13.4. The SMILES string of the molecule is Cc1c(-c2nc(C(C)C)cs2)cnc2ccccc12. The number of thiazole rings is 1. The average Bonchev–Trinajstić information content (AvgIpc) is 2.89. The molecule has 19 heavy (non-hydrogen) atoms. The summed E-state index contributed by atoms with van der Waals surface area (Å²) in [6.45, 7) is 6.49. The topological polar surface area (TPSA) is 25.8 Å². The van der Waals surface area contributed by atoms with Gasteiger partial charge in [0.2, 0.25) is 0 Å². The summed E-state index contributed by atoms with van der Waals surface area (Å²) < 4.78 is 0. The summed E-state index contributed by atoms with van der Waals surface area (Å²) in [5.41, 5.74) is 4.61. The van der Waals surface area contributed by atoms with E-state index in [1.54, 1.807) is 11.3 Å². The second-order valence-corrected chi connectivity index (χ2v) is 5.90. The zero-order valence-electron chi connectivity index (χ0n) is 11.3. The normalized spacial score (nSPS) is 11.4. The van der Waals surface area contributed by atoms with Crippen LogP contribution in [0.3, 0.4) is 0 Å². The van der Waals surface area contributed by atoms with E-state index in [1.807, 2.05) is 18.3 Å². The number of rotatable bonds is 2. The number of nitrogens with zero attached hydrogens (tertiary/aromatic N) is 2. The van der Waals surface area contributed by atoms with Gasteiger partial charge in [0.25, 0.3) is 0 Å². The number of fused-ring (bicyclic) bond motifs is 1. The first kappa shape index (κ1) is 12.3. The number of aromatic nitrogens is 2. The molecule has 2 nitrogen and oxygen atoms in total. The molecule has 3 heteroatoms. The van der Waals surface area contributed by atoms with Crippen molar-refractivity contribution in [3.05, 3.63) is 47.1 Å². The fourth-order valence-corrected chi connectivity index (χ4v) is 3.22. The van der Waals surface area contributed by atoms with E-state index in [0.717, 1.165) is 21.8 Å². The maximum atomic E-state index is 4.73. The fraction of sp³-hybridized carbons (Fsp3) is 0.250. The molecule has 0 unspecified atom stereocenters. The van der Waals surface area contributed by atoms with Gasteiger partial charge in [-0.3, -0.25) is 4.98 Å². The molecule has 96 valence electrons. The van der Waals surface area contributed by atoms with E-state index in [0.29, 0.717) is 5.92 Å². The van der Waals surface area contributed by atoms with Gasteiger partial charge in [-0.15, -0.1) is 11.3 Å². The van der Waals surface area contributed by atoms with Gasteiger partial charge in [0.05, 0.1) is 11.2 Å². The van der Waals surface area contributed by atoms with Crippen LogP contribution in [0.5, 0.6) is 0 Å². The van der Waals surface area contributed by atoms with Crippen LogP contribution in [0.2, 0.25) is 0 Å². The minimum atomic E-state index is 0.471. The smallest absolute Gasteiger partial charge is 0.125 e. The first-order valence-electron chi connectivity index (χ1n) is 6.47. The highest BCUT2D eigenvalue weighted by Crippen LogP contribution is 2.31. The standard InChI is InChI=1S/C16H16N2S/c1-10(2)15-9-19-16(18-15)13-8-17-14-7-5-4-6-12(14)11(13)3/h4-10H,1-3H3. The second kappa shape index (κ2) is 4.74. The summed E-state index contributed by atoms with van der Waals surface area (Å²) in [5.74, 6) is 0.471. The molecule has 0 aliphatic carbocycles. The Morgan fingerprint density at radius 3 is 2.68 bits per heavy atom. The lowest BCUT2D eigenvalue weighted by Gasteiger charge is -2.06. The molecule has 0 fully saturated rings. The van der Waals surface area contributed by atoms with E-state index in [2.05, 4.69) is 43.3 Å². The van der Waals surface area contributed by atoms with Gasteiger partial charge >= 0.3 is 0 Å². The average molecular weight is 268 g/mol. The molecule has 0 amide bonds. The number of aryl methyl sites for hydroxylation is 1. The Bertz CT molecular complexity index is 728. The Labute approximate surface area is 117 Å². The van der Waals surface area contributed by atoms with Crippen LogP contribution in [0.15, 0.2) is 35.8 Å². The van der Waals surface area contributed by atoms with Gasteiger partial charge in [-0.05, 0) is 24.5 Å². The molecule has 1 aromatic carbocycles. The number of benzene rings is 1. The van der Waals surface area contributed by atoms with Crippen LogP contribution >= 0.6 is 11.3 Å². The summed E-state index contributed by atoms with van der Waals surface area (Å²) in [7, 11) is 0. The van der Waals surface area contributed by atoms with Crippen molar-refractivity contribution in [2.45, 2.75) is 26.7 Å². The van der Waals surface area contributed by atoms with Gasteiger partial charge in [0.1, 0.15) is 5.01 Å². The lowest BCUT2D eigenvalue weighted by atomic mass is 10.1.